The smallest absolute Gasteiger partial charge is 0.255 e. The van der Waals surface area contributed by atoms with Crippen molar-refractivity contribution in [3.05, 3.63) is 64.7 Å². The molecule has 7 heteroatoms. The van der Waals surface area contributed by atoms with Crippen LogP contribution < -0.4 is 10.0 Å². The van der Waals surface area contributed by atoms with Gasteiger partial charge in [-0.05, 0) is 68.7 Å². The number of hydrogen-bond donors (Lipinski definition) is 2. The number of nitrogens with one attached hydrogen (secondary N) is 2. The molecule has 1 aliphatic rings. The lowest BCUT2D eigenvalue weighted by Gasteiger charge is -2.23. The van der Waals surface area contributed by atoms with E-state index < -0.39 is 15.3 Å². The van der Waals surface area contributed by atoms with Crippen LogP contribution in [-0.2, 0) is 10.0 Å². The molecule has 5 nitrogen and oxygen atoms in total. The fourth-order valence-electron chi connectivity index (χ4n) is 3.47. The van der Waals surface area contributed by atoms with Gasteiger partial charge in [-0.25, -0.2) is 13.1 Å². The van der Waals surface area contributed by atoms with Crippen LogP contribution in [0.3, 0.4) is 0 Å². The first kappa shape index (κ1) is 20.8. The first-order valence-corrected chi connectivity index (χ1v) is 11.4. The van der Waals surface area contributed by atoms with Crippen LogP contribution in [0.25, 0.3) is 0 Å². The molecule has 0 aromatic heterocycles. The van der Waals surface area contributed by atoms with Crippen LogP contribution in [0.5, 0.6) is 0 Å². The second-order valence-electron chi connectivity index (χ2n) is 7.44. The third kappa shape index (κ3) is 4.93. The van der Waals surface area contributed by atoms with Gasteiger partial charge in [0.15, 0.2) is 0 Å². The maximum atomic E-state index is 12.3. The Morgan fingerprint density at radius 3 is 2.29 bits per heavy atom. The third-order valence-electron chi connectivity index (χ3n) is 5.16. The number of benzene rings is 2. The highest BCUT2D eigenvalue weighted by Gasteiger charge is 2.32. The molecule has 0 unspecified atom stereocenters. The number of carbonyl (C=O) groups excluding carboxylic acids is 1. The summed E-state index contributed by atoms with van der Waals surface area (Å²) in [4.78, 5) is 12.3. The Morgan fingerprint density at radius 1 is 1.04 bits per heavy atom. The molecule has 0 saturated heterocycles. The number of sulfonamides is 1. The summed E-state index contributed by atoms with van der Waals surface area (Å²) in [5.74, 6) is -0.0533. The van der Waals surface area contributed by atoms with Crippen molar-refractivity contribution in [3.63, 3.8) is 0 Å². The second-order valence-corrected chi connectivity index (χ2v) is 10.1. The van der Waals surface area contributed by atoms with Gasteiger partial charge in [-0.1, -0.05) is 30.2 Å². The van der Waals surface area contributed by atoms with Gasteiger partial charge in [-0.2, -0.15) is 0 Å². The molecule has 2 aromatic carbocycles. The second kappa shape index (κ2) is 8.64. The SMILES string of the molecule is CC(C)S(=O)(=O)N[C@@H]1CCC[C@@H]1c1ccc(NC(=O)c2ccc(Cl)cc2)cc1. The molecule has 2 N–H and O–H groups in total. The molecule has 1 aliphatic carbocycles. The van der Waals surface area contributed by atoms with E-state index in [0.717, 1.165) is 24.8 Å². The molecule has 0 bridgehead atoms. The molecule has 1 saturated carbocycles. The summed E-state index contributed by atoms with van der Waals surface area (Å²) < 4.78 is 27.3. The number of halogens is 1. The lowest BCUT2D eigenvalue weighted by Crippen LogP contribution is -2.40. The van der Waals surface area contributed by atoms with Crippen LogP contribution >= 0.6 is 11.6 Å². The van der Waals surface area contributed by atoms with Crippen LogP contribution in [0.1, 0.15) is 54.9 Å². The van der Waals surface area contributed by atoms with Gasteiger partial charge in [0, 0.05) is 28.2 Å². The molecule has 2 atom stereocenters. The van der Waals surface area contributed by atoms with E-state index >= 15 is 0 Å². The standard InChI is InChI=1S/C21H25ClN2O3S/c1-14(2)28(26,27)24-20-5-3-4-19(20)15-8-12-18(13-9-15)23-21(25)16-6-10-17(22)11-7-16/h6-14,19-20,24H,3-5H2,1-2H3,(H,23,25)/t19-,20-/m1/s1. The highest BCUT2D eigenvalue weighted by Crippen LogP contribution is 2.35. The monoisotopic (exact) mass is 420 g/mol. The molecule has 1 fully saturated rings. The van der Waals surface area contributed by atoms with Crippen LogP contribution in [0, 0.1) is 0 Å². The summed E-state index contributed by atoms with van der Waals surface area (Å²) in [6.45, 7) is 3.37. The molecular weight excluding hydrogens is 396 g/mol. The van der Waals surface area contributed by atoms with Gasteiger partial charge in [0.2, 0.25) is 10.0 Å². The molecule has 1 amide bonds. The van der Waals surface area contributed by atoms with Crippen molar-refractivity contribution in [2.24, 2.45) is 0 Å². The summed E-state index contributed by atoms with van der Waals surface area (Å²) in [5, 5.41) is 3.00. The molecule has 0 heterocycles. The minimum absolute atomic E-state index is 0.0816. The molecule has 0 aliphatic heterocycles. The maximum Gasteiger partial charge on any atom is 0.255 e. The fraction of sp³-hybridized carbons (Fsp3) is 0.381. The lowest BCUT2D eigenvalue weighted by atomic mass is 9.94. The van der Waals surface area contributed by atoms with Crippen molar-refractivity contribution < 1.29 is 13.2 Å². The Labute approximate surface area is 171 Å². The van der Waals surface area contributed by atoms with E-state index in [4.69, 9.17) is 11.6 Å². The van der Waals surface area contributed by atoms with Crippen LogP contribution in [0.4, 0.5) is 5.69 Å². The maximum absolute atomic E-state index is 12.3. The Bertz CT molecular complexity index is 925. The number of carbonyl (C=O) groups is 1. The van der Waals surface area contributed by atoms with Gasteiger partial charge >= 0.3 is 0 Å². The topological polar surface area (TPSA) is 75.3 Å². The first-order chi connectivity index (χ1) is 13.3. The van der Waals surface area contributed by atoms with E-state index in [0.29, 0.717) is 16.3 Å². The summed E-state index contributed by atoms with van der Waals surface area (Å²) >= 11 is 5.85. The average molecular weight is 421 g/mol. The average Bonchev–Trinajstić information content (AvgIpc) is 3.10. The lowest BCUT2D eigenvalue weighted by molar-refractivity contribution is 0.102. The third-order valence-corrected chi connectivity index (χ3v) is 7.28. The van der Waals surface area contributed by atoms with E-state index in [9.17, 15) is 13.2 Å². The summed E-state index contributed by atoms with van der Waals surface area (Å²) in [7, 11) is -3.30. The van der Waals surface area contributed by atoms with E-state index in [1.54, 1.807) is 38.1 Å². The Balaban J connectivity index is 1.68. The highest BCUT2D eigenvalue weighted by atomic mass is 35.5. The number of anilines is 1. The fourth-order valence-corrected chi connectivity index (χ4v) is 4.57. The summed E-state index contributed by atoms with van der Waals surface area (Å²) in [5.41, 5.74) is 2.31. The molecule has 28 heavy (non-hydrogen) atoms. The van der Waals surface area contributed by atoms with Gasteiger partial charge in [0.1, 0.15) is 0 Å². The van der Waals surface area contributed by atoms with Gasteiger partial charge < -0.3 is 5.32 Å². The van der Waals surface area contributed by atoms with Crippen molar-refractivity contribution in [1.29, 1.82) is 0 Å². The quantitative estimate of drug-likeness (QED) is 0.719. The van der Waals surface area contributed by atoms with Crippen molar-refractivity contribution >= 4 is 33.2 Å². The largest absolute Gasteiger partial charge is 0.322 e. The predicted octanol–water partition coefficient (Wildman–Crippen LogP) is 4.56. The zero-order valence-corrected chi connectivity index (χ0v) is 17.6. The normalized spacial score (nSPS) is 19.7. The van der Waals surface area contributed by atoms with Gasteiger partial charge in [-0.15, -0.1) is 0 Å². The molecule has 0 radical (unpaired) electrons. The zero-order chi connectivity index (χ0) is 20.3. The minimum Gasteiger partial charge on any atom is -0.322 e. The van der Waals surface area contributed by atoms with Crippen molar-refractivity contribution in [1.82, 2.24) is 4.72 Å². The van der Waals surface area contributed by atoms with E-state index in [-0.39, 0.29) is 17.9 Å². The van der Waals surface area contributed by atoms with Crippen molar-refractivity contribution in [3.8, 4) is 0 Å². The molecular formula is C21H25ClN2O3S. The molecule has 2 aromatic rings. The molecule has 3 rings (SSSR count). The Morgan fingerprint density at radius 2 is 1.68 bits per heavy atom. The van der Waals surface area contributed by atoms with Crippen LogP contribution in [-0.4, -0.2) is 25.6 Å². The number of hydrogen-bond acceptors (Lipinski definition) is 3. The van der Waals surface area contributed by atoms with E-state index in [1.807, 2.05) is 24.3 Å². The number of amides is 1. The number of rotatable bonds is 6. The predicted molar refractivity (Wildman–Crippen MR) is 113 cm³/mol. The van der Waals surface area contributed by atoms with Gasteiger partial charge in [0.05, 0.1) is 5.25 Å². The Hall–Kier alpha value is -1.89. The van der Waals surface area contributed by atoms with Crippen molar-refractivity contribution in [2.45, 2.75) is 50.3 Å². The van der Waals surface area contributed by atoms with Crippen molar-refractivity contribution in [2.75, 3.05) is 5.32 Å². The van der Waals surface area contributed by atoms with E-state index in [2.05, 4.69) is 10.0 Å². The summed E-state index contributed by atoms with van der Waals surface area (Å²) in [6.07, 6.45) is 2.78. The molecule has 0 spiro atoms. The van der Waals surface area contributed by atoms with Gasteiger partial charge in [-0.3, -0.25) is 4.79 Å². The zero-order valence-electron chi connectivity index (χ0n) is 16.0. The highest BCUT2D eigenvalue weighted by molar-refractivity contribution is 7.90. The van der Waals surface area contributed by atoms with E-state index in [1.165, 1.54) is 0 Å². The van der Waals surface area contributed by atoms with Crippen LogP contribution in [0.2, 0.25) is 5.02 Å². The Kier molecular flexibility index (Phi) is 6.43. The van der Waals surface area contributed by atoms with Gasteiger partial charge in [0.25, 0.3) is 5.91 Å². The van der Waals surface area contributed by atoms with Crippen LogP contribution in [0.15, 0.2) is 48.5 Å². The summed E-state index contributed by atoms with van der Waals surface area (Å²) in [6, 6.07) is 14.3. The minimum atomic E-state index is -3.30. The molecule has 150 valence electrons. The first-order valence-electron chi connectivity index (χ1n) is 9.44.